The van der Waals surface area contributed by atoms with Gasteiger partial charge >= 0.3 is 0 Å². The zero-order valence-electron chi connectivity index (χ0n) is 22.3. The standard InChI is InChI=1S/C30H24Cl2N4O4S2/c1-39-25-9-5-3-7-19(25)17-33-35-29(37)23-15-21(31)11-13-27(23)41-42-28-14-12-22(32)16-24(28)30(38)36-34-18-20-8-4-6-10-26(20)40-2/h3-18H,1-2H3,(H,35,37)(H,36,38)/b33-17+,34-18+. The van der Waals surface area contributed by atoms with E-state index in [1.165, 1.54) is 34.0 Å². The second kappa shape index (κ2) is 15.3. The molecule has 0 aliphatic carbocycles. The van der Waals surface area contributed by atoms with E-state index in [1.54, 1.807) is 62.8 Å². The van der Waals surface area contributed by atoms with Crippen molar-refractivity contribution in [1.29, 1.82) is 0 Å². The molecule has 214 valence electrons. The van der Waals surface area contributed by atoms with Crippen LogP contribution in [0.3, 0.4) is 0 Å². The predicted octanol–water partition coefficient (Wildman–Crippen LogP) is 7.34. The number of hydrogen-bond donors (Lipinski definition) is 2. The molecule has 8 nitrogen and oxygen atoms in total. The Morgan fingerprint density at radius 3 is 1.48 bits per heavy atom. The number of carbonyl (C=O) groups is 2. The molecule has 0 aromatic heterocycles. The highest BCUT2D eigenvalue weighted by Gasteiger charge is 2.17. The van der Waals surface area contributed by atoms with Crippen LogP contribution in [0.2, 0.25) is 10.0 Å². The summed E-state index contributed by atoms with van der Waals surface area (Å²) < 4.78 is 10.6. The Bertz CT molecular complexity index is 1530. The summed E-state index contributed by atoms with van der Waals surface area (Å²) in [5.74, 6) is 0.344. The van der Waals surface area contributed by atoms with Gasteiger partial charge in [-0.1, -0.05) is 69.1 Å². The number of rotatable bonds is 11. The summed E-state index contributed by atoms with van der Waals surface area (Å²) in [5.41, 5.74) is 7.12. The van der Waals surface area contributed by atoms with E-state index in [0.29, 0.717) is 53.6 Å². The van der Waals surface area contributed by atoms with E-state index in [-0.39, 0.29) is 0 Å². The molecule has 42 heavy (non-hydrogen) atoms. The van der Waals surface area contributed by atoms with Crippen molar-refractivity contribution in [3.63, 3.8) is 0 Å². The van der Waals surface area contributed by atoms with Crippen LogP contribution in [0.4, 0.5) is 0 Å². The molecule has 0 saturated carbocycles. The van der Waals surface area contributed by atoms with Gasteiger partial charge in [0.15, 0.2) is 0 Å². The quantitative estimate of drug-likeness (QED) is 0.101. The molecular weight excluding hydrogens is 615 g/mol. The molecule has 12 heteroatoms. The summed E-state index contributed by atoms with van der Waals surface area (Å²) in [4.78, 5) is 27.3. The summed E-state index contributed by atoms with van der Waals surface area (Å²) >= 11 is 12.4. The van der Waals surface area contributed by atoms with Crippen molar-refractivity contribution < 1.29 is 19.1 Å². The molecule has 0 fully saturated rings. The van der Waals surface area contributed by atoms with E-state index in [9.17, 15) is 9.59 Å². The minimum absolute atomic E-state index is 0.318. The van der Waals surface area contributed by atoms with E-state index in [4.69, 9.17) is 32.7 Å². The number of methoxy groups -OCH3 is 2. The molecular formula is C30H24Cl2N4O4S2. The lowest BCUT2D eigenvalue weighted by atomic mass is 10.2. The van der Waals surface area contributed by atoms with E-state index in [0.717, 1.165) is 0 Å². The Morgan fingerprint density at radius 2 is 1.07 bits per heavy atom. The monoisotopic (exact) mass is 638 g/mol. The number of hydrogen-bond acceptors (Lipinski definition) is 8. The number of halogens is 2. The zero-order valence-corrected chi connectivity index (χ0v) is 25.5. The third kappa shape index (κ3) is 8.29. The molecule has 2 N–H and O–H groups in total. The second-order valence-electron chi connectivity index (χ2n) is 8.33. The van der Waals surface area contributed by atoms with Gasteiger partial charge in [-0.25, -0.2) is 10.9 Å². The minimum Gasteiger partial charge on any atom is -0.496 e. The van der Waals surface area contributed by atoms with Crippen LogP contribution < -0.4 is 20.3 Å². The van der Waals surface area contributed by atoms with Gasteiger partial charge in [0.25, 0.3) is 11.8 Å². The molecule has 4 rings (SSSR count). The fourth-order valence-electron chi connectivity index (χ4n) is 3.58. The highest BCUT2D eigenvalue weighted by Crippen LogP contribution is 2.41. The van der Waals surface area contributed by atoms with E-state index >= 15 is 0 Å². The number of ether oxygens (including phenoxy) is 2. The Kier molecular flexibility index (Phi) is 11.3. The number of benzene rings is 4. The van der Waals surface area contributed by atoms with Crippen molar-refractivity contribution in [2.45, 2.75) is 9.79 Å². The number of nitrogens with one attached hydrogen (secondary N) is 2. The lowest BCUT2D eigenvalue weighted by Crippen LogP contribution is -2.19. The molecule has 0 aliphatic rings. The van der Waals surface area contributed by atoms with Gasteiger partial charge in [-0.2, -0.15) is 10.2 Å². The van der Waals surface area contributed by atoms with Gasteiger partial charge in [0.1, 0.15) is 11.5 Å². The van der Waals surface area contributed by atoms with Crippen LogP contribution in [0.15, 0.2) is 105 Å². The van der Waals surface area contributed by atoms with Gasteiger partial charge in [-0.3, -0.25) is 9.59 Å². The van der Waals surface area contributed by atoms with Crippen molar-refractivity contribution >= 4 is 69.0 Å². The molecule has 4 aromatic rings. The predicted molar refractivity (Wildman–Crippen MR) is 171 cm³/mol. The first-order valence-corrected chi connectivity index (χ1v) is 15.2. The maximum Gasteiger partial charge on any atom is 0.272 e. The highest BCUT2D eigenvalue weighted by atomic mass is 35.5. The maximum absolute atomic E-state index is 13.0. The van der Waals surface area contributed by atoms with Crippen LogP contribution in [0.25, 0.3) is 0 Å². The third-order valence-electron chi connectivity index (χ3n) is 5.61. The van der Waals surface area contributed by atoms with E-state index in [1.807, 2.05) is 36.4 Å². The lowest BCUT2D eigenvalue weighted by Gasteiger charge is -2.11. The highest BCUT2D eigenvalue weighted by molar-refractivity contribution is 8.76. The SMILES string of the molecule is COc1ccccc1/C=N/NC(=O)c1cc(Cl)ccc1SSc1ccc(Cl)cc1C(=O)N/N=C/c1ccccc1OC. The summed E-state index contributed by atoms with van der Waals surface area (Å²) in [6.45, 7) is 0. The summed E-state index contributed by atoms with van der Waals surface area (Å²) in [6.07, 6.45) is 3.00. The van der Waals surface area contributed by atoms with Crippen LogP contribution in [-0.4, -0.2) is 38.5 Å². The van der Waals surface area contributed by atoms with Crippen LogP contribution in [-0.2, 0) is 0 Å². The fourth-order valence-corrected chi connectivity index (χ4v) is 6.25. The van der Waals surface area contributed by atoms with Gasteiger partial charge in [-0.15, -0.1) is 0 Å². The Labute approximate surface area is 260 Å². The topological polar surface area (TPSA) is 101 Å². The molecule has 0 aliphatic heterocycles. The van der Waals surface area contributed by atoms with Crippen molar-refractivity contribution in [2.24, 2.45) is 10.2 Å². The largest absolute Gasteiger partial charge is 0.496 e. The lowest BCUT2D eigenvalue weighted by molar-refractivity contribution is 0.0944. The van der Waals surface area contributed by atoms with E-state index < -0.39 is 11.8 Å². The van der Waals surface area contributed by atoms with Crippen molar-refractivity contribution in [2.75, 3.05) is 14.2 Å². The number of amides is 2. The summed E-state index contributed by atoms with van der Waals surface area (Å²) in [5, 5.41) is 8.93. The average molecular weight is 640 g/mol. The fraction of sp³-hybridized carbons (Fsp3) is 0.0667. The first kappa shape index (κ1) is 31.0. The molecule has 0 heterocycles. The Hall–Kier alpha value is -3.96. The molecule has 0 atom stereocenters. The number of para-hydroxylation sites is 2. The van der Waals surface area contributed by atoms with Gasteiger partial charge in [0.05, 0.1) is 37.8 Å². The smallest absolute Gasteiger partial charge is 0.272 e. The minimum atomic E-state index is -0.452. The van der Waals surface area contributed by atoms with Crippen molar-refractivity contribution in [1.82, 2.24) is 10.9 Å². The summed E-state index contributed by atoms with van der Waals surface area (Å²) in [6, 6.07) is 24.5. The third-order valence-corrected chi connectivity index (χ3v) is 8.56. The van der Waals surface area contributed by atoms with Crippen molar-refractivity contribution in [3.05, 3.63) is 117 Å². The van der Waals surface area contributed by atoms with Gasteiger partial charge in [0.2, 0.25) is 0 Å². The van der Waals surface area contributed by atoms with Gasteiger partial charge in [-0.05, 0) is 60.7 Å². The normalized spacial score (nSPS) is 11.0. The number of carbonyl (C=O) groups excluding carboxylic acids is 2. The van der Waals surface area contributed by atoms with Gasteiger partial charge < -0.3 is 9.47 Å². The molecule has 0 saturated heterocycles. The molecule has 0 bridgehead atoms. The molecule has 0 unspecified atom stereocenters. The van der Waals surface area contributed by atoms with Crippen LogP contribution >= 0.6 is 44.8 Å². The summed E-state index contributed by atoms with van der Waals surface area (Å²) in [7, 11) is 5.68. The molecule has 0 radical (unpaired) electrons. The number of hydrazone groups is 2. The Balaban J connectivity index is 1.47. The van der Waals surface area contributed by atoms with E-state index in [2.05, 4.69) is 21.1 Å². The Morgan fingerprint density at radius 1 is 0.667 bits per heavy atom. The number of nitrogens with zero attached hydrogens (tertiary/aromatic N) is 2. The maximum atomic E-state index is 13.0. The molecule has 0 spiro atoms. The van der Waals surface area contributed by atoms with Crippen LogP contribution in [0.5, 0.6) is 11.5 Å². The molecule has 4 aromatic carbocycles. The average Bonchev–Trinajstić information content (AvgIpc) is 3.01. The first-order valence-electron chi connectivity index (χ1n) is 12.3. The first-order chi connectivity index (χ1) is 20.4. The molecule has 2 amide bonds. The van der Waals surface area contributed by atoms with Crippen LogP contribution in [0.1, 0.15) is 31.8 Å². The van der Waals surface area contributed by atoms with Crippen molar-refractivity contribution in [3.8, 4) is 11.5 Å². The van der Waals surface area contributed by atoms with Gasteiger partial charge in [0, 0.05) is 31.0 Å². The zero-order chi connectivity index (χ0) is 29.9. The second-order valence-corrected chi connectivity index (χ2v) is 11.4. The van der Waals surface area contributed by atoms with Crippen LogP contribution in [0, 0.1) is 0 Å².